The maximum Gasteiger partial charge on any atom is 0.338 e. The van der Waals surface area contributed by atoms with Gasteiger partial charge in [-0.05, 0) is 35.4 Å². The molecule has 0 saturated carbocycles. The van der Waals surface area contributed by atoms with Crippen LogP contribution in [0.15, 0.2) is 54.6 Å². The first-order valence-electron chi connectivity index (χ1n) is 9.98. The van der Waals surface area contributed by atoms with E-state index in [1.54, 1.807) is 0 Å². The number of carbonyl (C=O) groups is 2. The van der Waals surface area contributed by atoms with Gasteiger partial charge in [0.05, 0.1) is 18.7 Å². The van der Waals surface area contributed by atoms with Crippen LogP contribution in [-0.2, 0) is 9.53 Å². The molecule has 0 bridgehead atoms. The summed E-state index contributed by atoms with van der Waals surface area (Å²) in [5, 5.41) is 5.05. The Hall–Kier alpha value is -3.74. The highest BCUT2D eigenvalue weighted by atomic mass is 16.6. The lowest BCUT2D eigenvalue weighted by Gasteiger charge is -2.21. The van der Waals surface area contributed by atoms with Gasteiger partial charge in [0.2, 0.25) is 5.75 Å². The fourth-order valence-electron chi connectivity index (χ4n) is 3.59. The lowest BCUT2D eigenvalue weighted by Crippen LogP contribution is -2.31. The quantitative estimate of drug-likeness (QED) is 0.612. The summed E-state index contributed by atoms with van der Waals surface area (Å²) < 4.78 is 21.5. The van der Waals surface area contributed by atoms with E-state index in [1.165, 1.54) is 19.2 Å². The van der Waals surface area contributed by atoms with Crippen LogP contribution in [0.1, 0.15) is 28.9 Å². The molecular weight excluding hydrogens is 398 g/mol. The zero-order valence-electron chi connectivity index (χ0n) is 17.3. The number of esters is 1. The molecule has 1 amide bonds. The molecule has 0 saturated heterocycles. The summed E-state index contributed by atoms with van der Waals surface area (Å²) in [6.45, 7) is 2.28. The van der Waals surface area contributed by atoms with E-state index in [9.17, 15) is 9.59 Å². The van der Waals surface area contributed by atoms with Crippen LogP contribution in [-0.4, -0.2) is 38.8 Å². The van der Waals surface area contributed by atoms with Gasteiger partial charge < -0.3 is 24.3 Å². The summed E-state index contributed by atoms with van der Waals surface area (Å²) in [6, 6.07) is 16.7. The Morgan fingerprint density at radius 2 is 1.84 bits per heavy atom. The first-order chi connectivity index (χ1) is 15.1. The Balaban J connectivity index is 1.40. The van der Waals surface area contributed by atoms with Gasteiger partial charge in [0.15, 0.2) is 18.1 Å². The lowest BCUT2D eigenvalue weighted by molar-refractivity contribution is -0.124. The van der Waals surface area contributed by atoms with Crippen LogP contribution in [0.3, 0.4) is 0 Å². The fourth-order valence-corrected chi connectivity index (χ4v) is 3.59. The summed E-state index contributed by atoms with van der Waals surface area (Å²) in [6.07, 6.45) is 0. The van der Waals surface area contributed by atoms with E-state index in [0.717, 1.165) is 16.3 Å². The van der Waals surface area contributed by atoms with E-state index in [2.05, 4.69) is 5.32 Å². The van der Waals surface area contributed by atoms with Gasteiger partial charge in [0, 0.05) is 0 Å². The third-order valence-electron chi connectivity index (χ3n) is 5.07. The molecule has 7 nitrogen and oxygen atoms in total. The molecule has 31 heavy (non-hydrogen) atoms. The van der Waals surface area contributed by atoms with Gasteiger partial charge in [-0.3, -0.25) is 4.79 Å². The van der Waals surface area contributed by atoms with Gasteiger partial charge in [0.25, 0.3) is 5.91 Å². The van der Waals surface area contributed by atoms with Gasteiger partial charge in [-0.1, -0.05) is 42.5 Å². The van der Waals surface area contributed by atoms with Crippen LogP contribution in [0.25, 0.3) is 10.8 Å². The number of ether oxygens (including phenoxy) is 4. The maximum absolute atomic E-state index is 12.5. The number of hydrogen-bond acceptors (Lipinski definition) is 6. The van der Waals surface area contributed by atoms with Crippen LogP contribution >= 0.6 is 0 Å². The van der Waals surface area contributed by atoms with Crippen molar-refractivity contribution in [3.8, 4) is 17.2 Å². The van der Waals surface area contributed by atoms with Crippen LogP contribution in [0.5, 0.6) is 17.2 Å². The fraction of sp³-hybridized carbons (Fsp3) is 0.250. The SMILES string of the molecule is COc1cc(C(=O)OCC(=O)NC(C)c2cccc3ccccc23)cc2c1OCCO2. The summed E-state index contributed by atoms with van der Waals surface area (Å²) in [7, 11) is 1.48. The molecule has 1 heterocycles. The van der Waals surface area contributed by atoms with Gasteiger partial charge in [0.1, 0.15) is 13.2 Å². The van der Waals surface area contributed by atoms with E-state index in [1.807, 2.05) is 49.4 Å². The van der Waals surface area contributed by atoms with Crippen LogP contribution < -0.4 is 19.5 Å². The van der Waals surface area contributed by atoms with Gasteiger partial charge in [-0.15, -0.1) is 0 Å². The van der Waals surface area contributed by atoms with Crippen molar-refractivity contribution in [2.24, 2.45) is 0 Å². The zero-order chi connectivity index (χ0) is 21.8. The second-order valence-corrected chi connectivity index (χ2v) is 7.14. The monoisotopic (exact) mass is 421 g/mol. The molecule has 7 heteroatoms. The number of amides is 1. The van der Waals surface area contributed by atoms with Crippen LogP contribution in [0, 0.1) is 0 Å². The molecule has 0 fully saturated rings. The first kappa shape index (κ1) is 20.5. The summed E-state index contributed by atoms with van der Waals surface area (Å²) >= 11 is 0. The molecule has 1 N–H and O–H groups in total. The van der Waals surface area contributed by atoms with Crippen molar-refractivity contribution < 1.29 is 28.5 Å². The Labute approximate surface area is 179 Å². The third-order valence-corrected chi connectivity index (χ3v) is 5.07. The minimum absolute atomic E-state index is 0.219. The van der Waals surface area contributed by atoms with Gasteiger partial charge in [-0.25, -0.2) is 4.79 Å². The maximum atomic E-state index is 12.5. The van der Waals surface area contributed by atoms with Gasteiger partial charge >= 0.3 is 5.97 Å². The summed E-state index contributed by atoms with van der Waals surface area (Å²) in [5.74, 6) is 0.193. The molecule has 1 aliphatic heterocycles. The molecule has 0 aromatic heterocycles. The normalized spacial score (nSPS) is 13.4. The molecule has 0 aliphatic carbocycles. The van der Waals surface area contributed by atoms with E-state index >= 15 is 0 Å². The van der Waals surface area contributed by atoms with E-state index in [0.29, 0.717) is 30.5 Å². The molecule has 3 aromatic rings. The van der Waals surface area contributed by atoms with E-state index in [4.69, 9.17) is 18.9 Å². The number of fused-ring (bicyclic) bond motifs is 2. The average Bonchev–Trinajstić information content (AvgIpc) is 2.81. The second-order valence-electron chi connectivity index (χ2n) is 7.14. The predicted octanol–water partition coefficient (Wildman–Crippen LogP) is 3.65. The topological polar surface area (TPSA) is 83.1 Å². The van der Waals surface area contributed by atoms with Crippen molar-refractivity contribution in [1.29, 1.82) is 0 Å². The predicted molar refractivity (Wildman–Crippen MR) is 115 cm³/mol. The molecule has 4 rings (SSSR count). The van der Waals surface area contributed by atoms with Crippen molar-refractivity contribution in [3.63, 3.8) is 0 Å². The highest BCUT2D eigenvalue weighted by Gasteiger charge is 2.22. The Bertz CT molecular complexity index is 1100. The number of carbonyl (C=O) groups excluding carboxylic acids is 2. The number of nitrogens with one attached hydrogen (secondary N) is 1. The lowest BCUT2D eigenvalue weighted by atomic mass is 10.00. The number of benzene rings is 3. The highest BCUT2D eigenvalue weighted by Crippen LogP contribution is 2.40. The average molecular weight is 421 g/mol. The molecule has 160 valence electrons. The van der Waals surface area contributed by atoms with Crippen molar-refractivity contribution in [2.75, 3.05) is 26.9 Å². The van der Waals surface area contributed by atoms with Crippen LogP contribution in [0.2, 0.25) is 0 Å². The third kappa shape index (κ3) is 4.40. The van der Waals surface area contributed by atoms with Crippen molar-refractivity contribution in [1.82, 2.24) is 5.32 Å². The Kier molecular flexibility index (Phi) is 5.93. The first-order valence-corrected chi connectivity index (χ1v) is 9.98. The highest BCUT2D eigenvalue weighted by molar-refractivity contribution is 5.93. The number of methoxy groups -OCH3 is 1. The molecule has 0 spiro atoms. The van der Waals surface area contributed by atoms with Gasteiger partial charge in [-0.2, -0.15) is 0 Å². The smallest absolute Gasteiger partial charge is 0.338 e. The van der Waals surface area contributed by atoms with E-state index < -0.39 is 18.5 Å². The molecular formula is C24H23NO6. The number of rotatable bonds is 6. The van der Waals surface area contributed by atoms with Crippen LogP contribution in [0.4, 0.5) is 0 Å². The Morgan fingerprint density at radius 3 is 2.68 bits per heavy atom. The van der Waals surface area contributed by atoms with Crippen molar-refractivity contribution in [2.45, 2.75) is 13.0 Å². The molecule has 1 atom stereocenters. The van der Waals surface area contributed by atoms with Crippen molar-refractivity contribution in [3.05, 3.63) is 65.7 Å². The van der Waals surface area contributed by atoms with Crippen molar-refractivity contribution >= 4 is 22.6 Å². The number of hydrogen-bond donors (Lipinski definition) is 1. The molecule has 0 radical (unpaired) electrons. The largest absolute Gasteiger partial charge is 0.493 e. The Morgan fingerprint density at radius 1 is 1.06 bits per heavy atom. The summed E-state index contributed by atoms with van der Waals surface area (Å²) in [5.41, 5.74) is 1.21. The second kappa shape index (κ2) is 8.95. The molecule has 1 aliphatic rings. The molecule has 3 aromatic carbocycles. The zero-order valence-corrected chi connectivity index (χ0v) is 17.3. The minimum Gasteiger partial charge on any atom is -0.493 e. The van der Waals surface area contributed by atoms with E-state index in [-0.39, 0.29) is 11.6 Å². The minimum atomic E-state index is -0.650. The summed E-state index contributed by atoms with van der Waals surface area (Å²) in [4.78, 5) is 24.9. The standard InChI is InChI=1S/C24H23NO6/c1-15(18-9-5-7-16-6-3-4-8-19(16)18)25-22(26)14-31-24(27)17-12-20(28-2)23-21(13-17)29-10-11-30-23/h3-9,12-13,15H,10-11,14H2,1-2H3,(H,25,26). The molecule has 1 unspecified atom stereocenters.